The zero-order chi connectivity index (χ0) is 19.6. The van der Waals surface area contributed by atoms with Crippen molar-refractivity contribution in [3.63, 3.8) is 0 Å². The van der Waals surface area contributed by atoms with Gasteiger partial charge in [-0.1, -0.05) is 28.9 Å². The number of benzene rings is 2. The monoisotopic (exact) mass is 400 g/mol. The summed E-state index contributed by atoms with van der Waals surface area (Å²) in [5.41, 5.74) is 2.74. The number of likely N-dealkylation sites (tertiary alicyclic amines) is 1. The van der Waals surface area contributed by atoms with Gasteiger partial charge in [0.25, 0.3) is 0 Å². The van der Waals surface area contributed by atoms with Gasteiger partial charge in [-0.3, -0.25) is 0 Å². The Morgan fingerprint density at radius 2 is 1.75 bits per heavy atom. The molecule has 4 rings (SSSR count). The fraction of sp³-hybridized carbons (Fsp3) is 0.318. The molecule has 0 unspecified atom stereocenters. The fourth-order valence-electron chi connectivity index (χ4n) is 3.75. The number of aromatic nitrogens is 1. The molecule has 0 radical (unpaired) electrons. The normalized spacial score (nSPS) is 17.0. The van der Waals surface area contributed by atoms with Crippen LogP contribution in [0.3, 0.4) is 0 Å². The molecule has 28 heavy (non-hydrogen) atoms. The van der Waals surface area contributed by atoms with Crippen molar-refractivity contribution in [2.45, 2.75) is 24.9 Å². The second kappa shape index (κ2) is 8.03. The van der Waals surface area contributed by atoms with Crippen molar-refractivity contribution < 1.29 is 14.0 Å². The largest absolute Gasteiger partial charge is 0.385 e. The molecule has 1 aromatic heterocycles. The molecule has 6 heteroatoms. The van der Waals surface area contributed by atoms with Gasteiger partial charge in [-0.2, -0.15) is 0 Å². The van der Waals surface area contributed by atoms with Crippen LogP contribution in [0.4, 0.5) is 4.39 Å². The van der Waals surface area contributed by atoms with Crippen LogP contribution in [-0.2, 0) is 12.0 Å². The maximum atomic E-state index is 13.1. The number of nitrogens with zero attached hydrogens (tertiary/aromatic N) is 2. The molecule has 0 bridgehead atoms. The third-order valence-electron chi connectivity index (χ3n) is 5.52. The Morgan fingerprint density at radius 3 is 2.43 bits per heavy atom. The first kappa shape index (κ1) is 19.1. The lowest BCUT2D eigenvalue weighted by atomic mass is 9.84. The van der Waals surface area contributed by atoms with Crippen molar-refractivity contribution in [1.29, 1.82) is 0 Å². The van der Waals surface area contributed by atoms with E-state index in [0.717, 1.165) is 48.4 Å². The highest BCUT2D eigenvalue weighted by Crippen LogP contribution is 2.33. The van der Waals surface area contributed by atoms with E-state index in [9.17, 15) is 9.50 Å². The van der Waals surface area contributed by atoms with E-state index in [1.54, 1.807) is 18.4 Å². The average molecular weight is 401 g/mol. The Bertz CT molecular complexity index is 916. The van der Waals surface area contributed by atoms with Crippen LogP contribution < -0.4 is 0 Å². The lowest BCUT2D eigenvalue weighted by molar-refractivity contribution is -0.0255. The first-order valence-electron chi connectivity index (χ1n) is 9.43. The van der Waals surface area contributed by atoms with Gasteiger partial charge in [0.2, 0.25) is 0 Å². The minimum absolute atomic E-state index is 0.268. The standard InChI is InChI=1S/C22H22ClFN2O2/c23-19-5-3-18(4-6-19)22(27)10-13-26(14-11-22)12-9-17-15-28-25-21(17)16-1-7-20(24)8-2-16/h1-8,15,27H,9-14H2. The molecule has 1 saturated heterocycles. The van der Waals surface area contributed by atoms with E-state index in [1.807, 2.05) is 24.3 Å². The van der Waals surface area contributed by atoms with Gasteiger partial charge in [0.15, 0.2) is 0 Å². The van der Waals surface area contributed by atoms with Crippen molar-refractivity contribution in [3.8, 4) is 11.3 Å². The third-order valence-corrected chi connectivity index (χ3v) is 5.77. The van der Waals surface area contributed by atoms with Gasteiger partial charge >= 0.3 is 0 Å². The summed E-state index contributed by atoms with van der Waals surface area (Å²) in [4.78, 5) is 2.34. The summed E-state index contributed by atoms with van der Waals surface area (Å²) in [6.45, 7) is 2.48. The summed E-state index contributed by atoms with van der Waals surface area (Å²) >= 11 is 5.95. The topological polar surface area (TPSA) is 49.5 Å². The highest BCUT2D eigenvalue weighted by molar-refractivity contribution is 6.30. The molecular formula is C22H22ClFN2O2. The van der Waals surface area contributed by atoms with Crippen LogP contribution in [0.1, 0.15) is 24.0 Å². The number of piperidine rings is 1. The second-order valence-electron chi connectivity index (χ2n) is 7.33. The van der Waals surface area contributed by atoms with E-state index in [-0.39, 0.29) is 5.82 Å². The van der Waals surface area contributed by atoms with Gasteiger partial charge < -0.3 is 14.5 Å². The summed E-state index contributed by atoms with van der Waals surface area (Å²) in [5.74, 6) is -0.268. The molecule has 146 valence electrons. The quantitative estimate of drug-likeness (QED) is 0.676. The van der Waals surface area contributed by atoms with Crippen molar-refractivity contribution in [3.05, 3.63) is 76.8 Å². The Kier molecular flexibility index (Phi) is 5.49. The molecule has 0 saturated carbocycles. The van der Waals surface area contributed by atoms with Gasteiger partial charge in [-0.25, -0.2) is 4.39 Å². The smallest absolute Gasteiger partial charge is 0.127 e. The average Bonchev–Trinajstić information content (AvgIpc) is 3.17. The Balaban J connectivity index is 1.36. The molecule has 1 aliphatic heterocycles. The predicted octanol–water partition coefficient (Wildman–Crippen LogP) is 4.66. The number of aliphatic hydroxyl groups is 1. The molecule has 0 aliphatic carbocycles. The maximum absolute atomic E-state index is 13.1. The van der Waals surface area contributed by atoms with Crippen molar-refractivity contribution in [2.75, 3.05) is 19.6 Å². The number of halogens is 2. The van der Waals surface area contributed by atoms with E-state index in [2.05, 4.69) is 10.1 Å². The first-order valence-corrected chi connectivity index (χ1v) is 9.81. The summed E-state index contributed by atoms with van der Waals surface area (Å²) in [6, 6.07) is 13.7. The van der Waals surface area contributed by atoms with Crippen LogP contribution >= 0.6 is 11.6 Å². The highest BCUT2D eigenvalue weighted by atomic mass is 35.5. The van der Waals surface area contributed by atoms with Gasteiger partial charge in [-0.05, 0) is 61.2 Å². The van der Waals surface area contributed by atoms with E-state index in [4.69, 9.17) is 16.1 Å². The van der Waals surface area contributed by atoms with Crippen LogP contribution in [0.2, 0.25) is 5.02 Å². The van der Waals surface area contributed by atoms with Crippen LogP contribution in [0, 0.1) is 5.82 Å². The Morgan fingerprint density at radius 1 is 1.07 bits per heavy atom. The van der Waals surface area contributed by atoms with Crippen LogP contribution in [0.5, 0.6) is 0 Å². The Hall–Kier alpha value is -2.21. The molecule has 1 N–H and O–H groups in total. The predicted molar refractivity (Wildman–Crippen MR) is 107 cm³/mol. The minimum Gasteiger partial charge on any atom is -0.385 e. The minimum atomic E-state index is -0.794. The van der Waals surface area contributed by atoms with Crippen LogP contribution in [0.25, 0.3) is 11.3 Å². The van der Waals surface area contributed by atoms with Crippen molar-refractivity contribution >= 4 is 11.6 Å². The zero-order valence-corrected chi connectivity index (χ0v) is 16.2. The number of hydrogen-bond donors (Lipinski definition) is 1. The van der Waals surface area contributed by atoms with E-state index < -0.39 is 5.60 Å². The third kappa shape index (κ3) is 4.12. The molecule has 0 amide bonds. The van der Waals surface area contributed by atoms with Crippen molar-refractivity contribution in [2.24, 2.45) is 0 Å². The Labute approximate surface area is 168 Å². The van der Waals surface area contributed by atoms with Crippen LogP contribution in [-0.4, -0.2) is 34.8 Å². The molecular weight excluding hydrogens is 379 g/mol. The van der Waals surface area contributed by atoms with E-state index in [0.29, 0.717) is 17.9 Å². The first-order chi connectivity index (χ1) is 13.5. The molecule has 3 aromatic rings. The molecule has 4 nitrogen and oxygen atoms in total. The van der Waals surface area contributed by atoms with Gasteiger partial charge in [0.1, 0.15) is 17.8 Å². The van der Waals surface area contributed by atoms with Gasteiger partial charge in [0.05, 0.1) is 5.60 Å². The summed E-state index contributed by atoms with van der Waals surface area (Å²) in [7, 11) is 0. The summed E-state index contributed by atoms with van der Waals surface area (Å²) in [5, 5.41) is 15.8. The maximum Gasteiger partial charge on any atom is 0.127 e. The second-order valence-corrected chi connectivity index (χ2v) is 7.76. The summed E-state index contributed by atoms with van der Waals surface area (Å²) in [6.07, 6.45) is 3.81. The molecule has 0 spiro atoms. The number of hydrogen-bond acceptors (Lipinski definition) is 4. The zero-order valence-electron chi connectivity index (χ0n) is 15.4. The molecule has 2 aromatic carbocycles. The van der Waals surface area contributed by atoms with Gasteiger partial charge in [-0.15, -0.1) is 0 Å². The molecule has 1 fully saturated rings. The SMILES string of the molecule is OC1(c2ccc(Cl)cc2)CCN(CCc2conc2-c2ccc(F)cc2)CC1. The lowest BCUT2D eigenvalue weighted by Gasteiger charge is -2.38. The van der Waals surface area contributed by atoms with Gasteiger partial charge in [0, 0.05) is 35.8 Å². The molecule has 1 aliphatic rings. The van der Waals surface area contributed by atoms with E-state index in [1.165, 1.54) is 12.1 Å². The fourth-order valence-corrected chi connectivity index (χ4v) is 3.88. The van der Waals surface area contributed by atoms with E-state index >= 15 is 0 Å². The van der Waals surface area contributed by atoms with Crippen molar-refractivity contribution in [1.82, 2.24) is 10.1 Å². The molecule has 2 heterocycles. The summed E-state index contributed by atoms with van der Waals surface area (Å²) < 4.78 is 18.3. The number of rotatable bonds is 5. The highest BCUT2D eigenvalue weighted by Gasteiger charge is 2.33. The van der Waals surface area contributed by atoms with Crippen LogP contribution in [0.15, 0.2) is 59.3 Å². The molecule has 0 atom stereocenters. The lowest BCUT2D eigenvalue weighted by Crippen LogP contribution is -2.43.